The maximum atomic E-state index is 13.0. The Balaban J connectivity index is 1.23. The number of fused-ring (bicyclic) bond motifs is 1. The molecule has 8 nitrogen and oxygen atoms in total. The number of thiazole rings is 1. The highest BCUT2D eigenvalue weighted by atomic mass is 32.1. The summed E-state index contributed by atoms with van der Waals surface area (Å²) < 4.78 is 0. The lowest BCUT2D eigenvalue weighted by Gasteiger charge is -2.34. The minimum Gasteiger partial charge on any atom is -0.369 e. The monoisotopic (exact) mass is 501 g/mol. The smallest absolute Gasteiger partial charge is 0.282 e. The molecule has 4 aromatic rings. The normalized spacial score (nSPS) is 17.7. The van der Waals surface area contributed by atoms with Gasteiger partial charge in [-0.2, -0.15) is 0 Å². The zero-order valence-corrected chi connectivity index (χ0v) is 21.6. The highest BCUT2D eigenvalue weighted by Crippen LogP contribution is 2.32. The van der Waals surface area contributed by atoms with E-state index in [2.05, 4.69) is 69.1 Å². The van der Waals surface area contributed by atoms with Crippen molar-refractivity contribution >= 4 is 34.0 Å². The standard InChI is InChI=1S/C27H31N7OS/c1-31-7-11-33(12-8-31)21-5-3-19(4-6-21)20-15-22-23(17-29-25(22)28-16-20)24-18-36-26(30-24)27(35)34-13-9-32(2)10-14-34/h3-6,15-18H,7-14H2,1-2H3,(H,28,29). The van der Waals surface area contributed by atoms with Crippen LogP contribution in [0.25, 0.3) is 33.4 Å². The van der Waals surface area contributed by atoms with E-state index in [1.165, 1.54) is 17.0 Å². The fourth-order valence-corrected chi connectivity index (χ4v) is 5.73. The number of hydrogen-bond donors (Lipinski definition) is 1. The molecule has 2 aliphatic rings. The van der Waals surface area contributed by atoms with E-state index in [0.717, 1.165) is 85.8 Å². The first-order valence-electron chi connectivity index (χ1n) is 12.5. The number of H-pyrrole nitrogens is 1. The Morgan fingerprint density at radius 1 is 0.917 bits per heavy atom. The van der Waals surface area contributed by atoms with E-state index in [0.29, 0.717) is 5.01 Å². The van der Waals surface area contributed by atoms with Crippen LogP contribution in [0.3, 0.4) is 0 Å². The topological polar surface area (TPSA) is 71.6 Å². The first-order valence-corrected chi connectivity index (χ1v) is 13.4. The molecule has 1 aromatic carbocycles. The summed E-state index contributed by atoms with van der Waals surface area (Å²) >= 11 is 1.42. The summed E-state index contributed by atoms with van der Waals surface area (Å²) in [5, 5.41) is 3.54. The maximum Gasteiger partial charge on any atom is 0.282 e. The van der Waals surface area contributed by atoms with Crippen molar-refractivity contribution in [1.29, 1.82) is 0 Å². The zero-order chi connectivity index (χ0) is 24.6. The second-order valence-corrected chi connectivity index (χ2v) is 10.7. The number of carbonyl (C=O) groups is 1. The van der Waals surface area contributed by atoms with Crippen LogP contribution in [0.15, 0.2) is 48.1 Å². The number of rotatable bonds is 4. The molecule has 3 aromatic heterocycles. The van der Waals surface area contributed by atoms with E-state index in [1.807, 2.05) is 22.7 Å². The van der Waals surface area contributed by atoms with Crippen LogP contribution in [0.1, 0.15) is 9.80 Å². The summed E-state index contributed by atoms with van der Waals surface area (Å²) in [7, 11) is 4.27. The molecule has 1 amide bonds. The number of piperazine rings is 2. The van der Waals surface area contributed by atoms with Gasteiger partial charge in [-0.25, -0.2) is 9.97 Å². The van der Waals surface area contributed by atoms with E-state index < -0.39 is 0 Å². The van der Waals surface area contributed by atoms with E-state index in [9.17, 15) is 4.79 Å². The van der Waals surface area contributed by atoms with Crippen molar-refractivity contribution < 1.29 is 4.79 Å². The molecule has 0 spiro atoms. The molecule has 186 valence electrons. The van der Waals surface area contributed by atoms with E-state index in [4.69, 9.17) is 4.98 Å². The number of carbonyl (C=O) groups excluding carboxylic acids is 1. The van der Waals surface area contributed by atoms with Gasteiger partial charge in [0.1, 0.15) is 5.65 Å². The lowest BCUT2D eigenvalue weighted by atomic mass is 10.0. The van der Waals surface area contributed by atoms with Crippen LogP contribution in [0.2, 0.25) is 0 Å². The summed E-state index contributed by atoms with van der Waals surface area (Å²) in [6.07, 6.45) is 3.86. The average molecular weight is 502 g/mol. The highest BCUT2D eigenvalue weighted by Gasteiger charge is 2.23. The minimum atomic E-state index is 0.0263. The number of anilines is 1. The third-order valence-electron chi connectivity index (χ3n) is 7.35. The number of nitrogens with one attached hydrogen (secondary N) is 1. The Hall–Kier alpha value is -3.27. The van der Waals surface area contributed by atoms with Crippen molar-refractivity contribution in [2.75, 3.05) is 71.4 Å². The van der Waals surface area contributed by atoms with Gasteiger partial charge in [0.05, 0.1) is 5.69 Å². The summed E-state index contributed by atoms with van der Waals surface area (Å²) in [4.78, 5) is 34.6. The van der Waals surface area contributed by atoms with Gasteiger partial charge < -0.3 is 24.6 Å². The first-order chi connectivity index (χ1) is 17.5. The molecule has 0 bridgehead atoms. The van der Waals surface area contributed by atoms with Gasteiger partial charge in [-0.15, -0.1) is 11.3 Å². The van der Waals surface area contributed by atoms with Gasteiger partial charge in [-0.05, 0) is 37.9 Å². The predicted octanol–water partition coefficient (Wildman–Crippen LogP) is 3.49. The van der Waals surface area contributed by atoms with Gasteiger partial charge in [0, 0.05) is 92.3 Å². The molecule has 1 N–H and O–H groups in total. The largest absolute Gasteiger partial charge is 0.369 e. The summed E-state index contributed by atoms with van der Waals surface area (Å²) in [5.74, 6) is 0.0263. The van der Waals surface area contributed by atoms with Crippen LogP contribution >= 0.6 is 11.3 Å². The lowest BCUT2D eigenvalue weighted by molar-refractivity contribution is 0.0664. The van der Waals surface area contributed by atoms with Crippen molar-refractivity contribution in [3.63, 3.8) is 0 Å². The Morgan fingerprint density at radius 2 is 1.61 bits per heavy atom. The van der Waals surface area contributed by atoms with Crippen molar-refractivity contribution in [2.45, 2.75) is 0 Å². The van der Waals surface area contributed by atoms with Gasteiger partial charge in [-0.3, -0.25) is 4.79 Å². The fraction of sp³-hybridized carbons (Fsp3) is 0.370. The molecular formula is C27H31N7OS. The van der Waals surface area contributed by atoms with Crippen LogP contribution in [0.4, 0.5) is 5.69 Å². The zero-order valence-electron chi connectivity index (χ0n) is 20.8. The number of nitrogens with zero attached hydrogens (tertiary/aromatic N) is 6. The third-order valence-corrected chi connectivity index (χ3v) is 8.18. The first kappa shape index (κ1) is 23.1. The molecule has 36 heavy (non-hydrogen) atoms. The van der Waals surface area contributed by atoms with E-state index in [1.54, 1.807) is 0 Å². The molecule has 0 radical (unpaired) electrons. The number of hydrogen-bond acceptors (Lipinski definition) is 7. The molecule has 0 saturated carbocycles. The molecule has 2 saturated heterocycles. The number of benzene rings is 1. The van der Waals surface area contributed by atoms with Gasteiger partial charge in [0.2, 0.25) is 0 Å². The fourth-order valence-electron chi connectivity index (χ4n) is 4.94. The number of aromatic amines is 1. The Kier molecular flexibility index (Phi) is 6.20. The molecule has 2 aliphatic heterocycles. The van der Waals surface area contributed by atoms with E-state index in [-0.39, 0.29) is 5.91 Å². The Morgan fingerprint density at radius 3 is 2.33 bits per heavy atom. The van der Waals surface area contributed by atoms with Gasteiger partial charge >= 0.3 is 0 Å². The number of pyridine rings is 1. The SMILES string of the molecule is CN1CCN(C(=O)c2nc(-c3c[nH]c4ncc(-c5ccc(N6CCN(C)CC6)cc5)cc34)cs2)CC1. The van der Waals surface area contributed by atoms with Crippen LogP contribution < -0.4 is 4.90 Å². The van der Waals surface area contributed by atoms with Crippen molar-refractivity contribution in [3.05, 3.63) is 53.1 Å². The molecule has 0 aliphatic carbocycles. The number of amides is 1. The van der Waals surface area contributed by atoms with E-state index >= 15 is 0 Å². The van der Waals surface area contributed by atoms with Crippen molar-refractivity contribution in [1.82, 2.24) is 29.7 Å². The molecule has 9 heteroatoms. The quantitative estimate of drug-likeness (QED) is 0.462. The molecule has 6 rings (SSSR count). The van der Waals surface area contributed by atoms with Crippen LogP contribution in [0.5, 0.6) is 0 Å². The molecule has 0 unspecified atom stereocenters. The van der Waals surface area contributed by atoms with Gasteiger partial charge in [0.15, 0.2) is 5.01 Å². The Labute approximate surface area is 215 Å². The Bertz CT molecular complexity index is 1360. The average Bonchev–Trinajstić information content (AvgIpc) is 3.56. The number of likely N-dealkylation sites (N-methyl/N-ethyl adjacent to an activating group) is 2. The molecule has 2 fully saturated rings. The summed E-state index contributed by atoms with van der Waals surface area (Å²) in [6.45, 7) is 7.60. The van der Waals surface area contributed by atoms with Gasteiger partial charge in [-0.1, -0.05) is 12.1 Å². The second-order valence-electron chi connectivity index (χ2n) is 9.79. The van der Waals surface area contributed by atoms with Crippen molar-refractivity contribution in [3.8, 4) is 22.4 Å². The lowest BCUT2D eigenvalue weighted by Crippen LogP contribution is -2.47. The maximum absolute atomic E-state index is 13.0. The second kappa shape index (κ2) is 9.65. The minimum absolute atomic E-state index is 0.0263. The summed E-state index contributed by atoms with van der Waals surface area (Å²) in [6, 6.07) is 10.9. The van der Waals surface area contributed by atoms with Crippen LogP contribution in [0, 0.1) is 0 Å². The van der Waals surface area contributed by atoms with Crippen LogP contribution in [-0.4, -0.2) is 102 Å². The molecular weight excluding hydrogens is 470 g/mol. The number of aromatic nitrogens is 3. The van der Waals surface area contributed by atoms with Gasteiger partial charge in [0.25, 0.3) is 5.91 Å². The predicted molar refractivity (Wildman–Crippen MR) is 146 cm³/mol. The highest BCUT2D eigenvalue weighted by molar-refractivity contribution is 7.12. The summed E-state index contributed by atoms with van der Waals surface area (Å²) in [5.41, 5.74) is 6.08. The third kappa shape index (κ3) is 4.50. The van der Waals surface area contributed by atoms with Crippen molar-refractivity contribution in [2.24, 2.45) is 0 Å². The molecule has 0 atom stereocenters. The van der Waals surface area contributed by atoms with Crippen LogP contribution in [-0.2, 0) is 0 Å². The molecule has 5 heterocycles.